The fourth-order valence-corrected chi connectivity index (χ4v) is 6.48. The fraction of sp³-hybridized carbons (Fsp3) is 0.667. The van der Waals surface area contributed by atoms with Crippen LogP contribution in [0.15, 0.2) is 9.31 Å². The van der Waals surface area contributed by atoms with E-state index < -0.39 is 10.0 Å². The zero-order chi connectivity index (χ0) is 14.8. The molecule has 0 amide bonds. The predicted molar refractivity (Wildman–Crippen MR) is 84.8 cm³/mol. The van der Waals surface area contributed by atoms with Crippen molar-refractivity contribution < 1.29 is 12.8 Å². The number of thioether (sulfide) groups is 2. The Morgan fingerprint density at radius 1 is 1.35 bits per heavy atom. The van der Waals surface area contributed by atoms with Gasteiger partial charge in [0.1, 0.15) is 16.4 Å². The molecule has 0 saturated carbocycles. The molecule has 3 N–H and O–H groups in total. The third-order valence-corrected chi connectivity index (χ3v) is 7.65. The summed E-state index contributed by atoms with van der Waals surface area (Å²) in [5.74, 6) is 4.19. The van der Waals surface area contributed by atoms with Gasteiger partial charge in [-0.2, -0.15) is 23.5 Å². The Labute approximate surface area is 128 Å². The lowest BCUT2D eigenvalue weighted by molar-refractivity contribution is 0.494. The number of nitrogens with two attached hydrogens (primary N) is 1. The zero-order valence-electron chi connectivity index (χ0n) is 11.6. The van der Waals surface area contributed by atoms with Crippen LogP contribution in [-0.2, 0) is 16.6 Å². The van der Waals surface area contributed by atoms with Crippen LogP contribution in [0.25, 0.3) is 0 Å². The molecule has 0 radical (unpaired) electrons. The van der Waals surface area contributed by atoms with Crippen molar-refractivity contribution >= 4 is 33.5 Å². The summed E-state index contributed by atoms with van der Waals surface area (Å²) in [5.41, 5.74) is 6.21. The van der Waals surface area contributed by atoms with Crippen molar-refractivity contribution in [3.63, 3.8) is 0 Å². The average Bonchev–Trinajstić information content (AvgIpc) is 2.72. The quantitative estimate of drug-likeness (QED) is 0.847. The number of rotatable bonds is 5. The third kappa shape index (κ3) is 3.54. The van der Waals surface area contributed by atoms with Crippen LogP contribution in [0.4, 0.5) is 0 Å². The van der Waals surface area contributed by atoms with E-state index in [1.165, 1.54) is 0 Å². The monoisotopic (exact) mass is 336 g/mol. The van der Waals surface area contributed by atoms with Gasteiger partial charge in [0.2, 0.25) is 10.0 Å². The molecule has 5 nitrogen and oxygen atoms in total. The second-order valence-corrected chi connectivity index (χ2v) is 8.91. The highest BCUT2D eigenvalue weighted by Crippen LogP contribution is 2.27. The van der Waals surface area contributed by atoms with Gasteiger partial charge in [-0.15, -0.1) is 0 Å². The van der Waals surface area contributed by atoms with E-state index >= 15 is 0 Å². The minimum atomic E-state index is -3.56. The summed E-state index contributed by atoms with van der Waals surface area (Å²) in [6, 6.07) is 0. The number of hydrogen-bond acceptors (Lipinski definition) is 6. The van der Waals surface area contributed by atoms with Gasteiger partial charge in [-0.3, -0.25) is 0 Å². The van der Waals surface area contributed by atoms with Crippen LogP contribution >= 0.6 is 23.5 Å². The lowest BCUT2D eigenvalue weighted by Crippen LogP contribution is -2.34. The Kier molecular flexibility index (Phi) is 5.47. The van der Waals surface area contributed by atoms with Crippen molar-refractivity contribution in [2.24, 2.45) is 5.73 Å². The standard InChI is InChI=1S/C12H20N2O3S3/c1-8-11(5-13)12(9(2)17-8)20(15,16)14-6-10-7-18-3-4-19-10/h10,14H,3-7,13H2,1-2H3. The lowest BCUT2D eigenvalue weighted by atomic mass is 10.2. The molecule has 0 bridgehead atoms. The zero-order valence-corrected chi connectivity index (χ0v) is 14.1. The molecule has 2 heterocycles. The van der Waals surface area contributed by atoms with Crippen molar-refractivity contribution in [2.75, 3.05) is 23.8 Å². The van der Waals surface area contributed by atoms with E-state index in [0.29, 0.717) is 28.9 Å². The van der Waals surface area contributed by atoms with Gasteiger partial charge in [-0.25, -0.2) is 13.1 Å². The molecule has 20 heavy (non-hydrogen) atoms. The van der Waals surface area contributed by atoms with Gasteiger partial charge in [-0.1, -0.05) is 0 Å². The predicted octanol–water partition coefficient (Wildman–Crippen LogP) is 1.48. The molecule has 0 aliphatic carbocycles. The normalized spacial score (nSPS) is 20.2. The summed E-state index contributed by atoms with van der Waals surface area (Å²) in [7, 11) is -3.56. The van der Waals surface area contributed by atoms with Crippen molar-refractivity contribution in [3.8, 4) is 0 Å². The largest absolute Gasteiger partial charge is 0.465 e. The maximum absolute atomic E-state index is 12.4. The Balaban J connectivity index is 2.13. The molecular weight excluding hydrogens is 316 g/mol. The number of nitrogens with one attached hydrogen (secondary N) is 1. The summed E-state index contributed by atoms with van der Waals surface area (Å²) in [4.78, 5) is 0.214. The summed E-state index contributed by atoms with van der Waals surface area (Å²) in [6.45, 7) is 4.01. The molecule has 8 heteroatoms. The molecule has 1 aromatic rings. The highest BCUT2D eigenvalue weighted by Gasteiger charge is 2.27. The summed E-state index contributed by atoms with van der Waals surface area (Å²) >= 11 is 3.69. The molecule has 0 spiro atoms. The van der Waals surface area contributed by atoms with Crippen molar-refractivity contribution in [3.05, 3.63) is 17.1 Å². The smallest absolute Gasteiger partial charge is 0.244 e. The van der Waals surface area contributed by atoms with E-state index in [1.54, 1.807) is 13.8 Å². The number of furan rings is 1. The average molecular weight is 337 g/mol. The molecule has 114 valence electrons. The van der Waals surface area contributed by atoms with E-state index in [-0.39, 0.29) is 11.4 Å². The Bertz CT molecular complexity index is 563. The highest BCUT2D eigenvalue weighted by molar-refractivity contribution is 8.06. The first-order valence-corrected chi connectivity index (χ1v) is 10.1. The highest BCUT2D eigenvalue weighted by atomic mass is 32.2. The van der Waals surface area contributed by atoms with Gasteiger partial charge in [0.05, 0.1) is 0 Å². The second-order valence-electron chi connectivity index (χ2n) is 4.65. The molecule has 2 rings (SSSR count). The first kappa shape index (κ1) is 16.2. The Hall–Kier alpha value is -0.150. The van der Waals surface area contributed by atoms with Crippen molar-refractivity contribution in [2.45, 2.75) is 30.5 Å². The maximum Gasteiger partial charge on any atom is 0.244 e. The topological polar surface area (TPSA) is 85.3 Å². The van der Waals surface area contributed by atoms with Crippen LogP contribution in [0.3, 0.4) is 0 Å². The summed E-state index contributed by atoms with van der Waals surface area (Å²) < 4.78 is 33.0. The molecule has 1 saturated heterocycles. The van der Waals surface area contributed by atoms with Gasteiger partial charge in [0, 0.05) is 41.2 Å². The van der Waals surface area contributed by atoms with Gasteiger partial charge in [0.25, 0.3) is 0 Å². The van der Waals surface area contributed by atoms with Crippen LogP contribution in [0.2, 0.25) is 0 Å². The van der Waals surface area contributed by atoms with Gasteiger partial charge >= 0.3 is 0 Å². The van der Waals surface area contributed by atoms with E-state index in [2.05, 4.69) is 4.72 Å². The summed E-state index contributed by atoms with van der Waals surface area (Å²) in [5, 5.41) is 0.332. The maximum atomic E-state index is 12.4. The van der Waals surface area contributed by atoms with Gasteiger partial charge < -0.3 is 10.2 Å². The molecule has 1 unspecified atom stereocenters. The van der Waals surface area contributed by atoms with E-state index in [0.717, 1.165) is 17.3 Å². The molecule has 1 atom stereocenters. The minimum absolute atomic E-state index is 0.160. The molecule has 1 aliphatic rings. The van der Waals surface area contributed by atoms with Crippen LogP contribution in [0, 0.1) is 13.8 Å². The molecule has 1 aromatic heterocycles. The Morgan fingerprint density at radius 2 is 2.10 bits per heavy atom. The fourth-order valence-electron chi connectivity index (χ4n) is 2.23. The van der Waals surface area contributed by atoms with E-state index in [9.17, 15) is 8.42 Å². The second kappa shape index (κ2) is 6.74. The van der Waals surface area contributed by atoms with Crippen molar-refractivity contribution in [1.29, 1.82) is 0 Å². The van der Waals surface area contributed by atoms with Crippen LogP contribution in [-0.4, -0.2) is 37.5 Å². The summed E-state index contributed by atoms with van der Waals surface area (Å²) in [6.07, 6.45) is 0. The molecular formula is C12H20N2O3S3. The lowest BCUT2D eigenvalue weighted by Gasteiger charge is -2.21. The van der Waals surface area contributed by atoms with Crippen LogP contribution < -0.4 is 10.5 Å². The van der Waals surface area contributed by atoms with E-state index in [1.807, 2.05) is 23.5 Å². The molecule has 1 fully saturated rings. The Morgan fingerprint density at radius 3 is 2.70 bits per heavy atom. The SMILES string of the molecule is Cc1oc(C)c(S(=O)(=O)NCC2CSCCS2)c1CN. The van der Waals surface area contributed by atoms with Crippen LogP contribution in [0.5, 0.6) is 0 Å². The van der Waals surface area contributed by atoms with Gasteiger partial charge in [0.15, 0.2) is 0 Å². The minimum Gasteiger partial charge on any atom is -0.465 e. The first-order chi connectivity index (χ1) is 9.45. The number of aryl methyl sites for hydroxylation is 2. The number of hydrogen-bond donors (Lipinski definition) is 2. The van der Waals surface area contributed by atoms with Crippen LogP contribution in [0.1, 0.15) is 17.1 Å². The third-order valence-electron chi connectivity index (χ3n) is 3.18. The first-order valence-electron chi connectivity index (χ1n) is 6.43. The van der Waals surface area contributed by atoms with Crippen molar-refractivity contribution in [1.82, 2.24) is 4.72 Å². The van der Waals surface area contributed by atoms with Gasteiger partial charge in [-0.05, 0) is 13.8 Å². The number of sulfonamides is 1. The van der Waals surface area contributed by atoms with E-state index in [4.69, 9.17) is 10.2 Å². The molecule has 1 aliphatic heterocycles. The molecule has 0 aromatic carbocycles.